The first-order chi connectivity index (χ1) is 9.81. The average molecular weight is 273 g/mol. The molecule has 110 valence electrons. The van der Waals surface area contributed by atoms with Gasteiger partial charge in [0.05, 0.1) is 12.6 Å². The van der Waals surface area contributed by atoms with Crippen molar-refractivity contribution in [1.29, 1.82) is 5.26 Å². The summed E-state index contributed by atoms with van der Waals surface area (Å²) in [5.74, 6) is 5.32. The molecule has 5 aliphatic rings. The molecule has 0 amide bonds. The molecule has 0 aromatic rings. The smallest absolute Gasteiger partial charge is 0.0866 e. The van der Waals surface area contributed by atoms with Gasteiger partial charge in [-0.1, -0.05) is 0 Å². The lowest BCUT2D eigenvalue weighted by Crippen LogP contribution is -2.53. The second-order valence-electron chi connectivity index (χ2n) is 7.83. The molecule has 0 aromatic carbocycles. The van der Waals surface area contributed by atoms with E-state index in [1.165, 1.54) is 19.6 Å². The number of hydrogen-bond donors (Lipinski definition) is 0. The predicted molar refractivity (Wildman–Crippen MR) is 79.0 cm³/mol. The monoisotopic (exact) mass is 273 g/mol. The van der Waals surface area contributed by atoms with Gasteiger partial charge in [0.15, 0.2) is 0 Å². The molecule has 0 unspecified atom stereocenters. The molecule has 0 radical (unpaired) electrons. The Morgan fingerprint density at radius 1 is 0.800 bits per heavy atom. The van der Waals surface area contributed by atoms with Gasteiger partial charge < -0.3 is 4.90 Å². The number of hydrogen-bond acceptors (Lipinski definition) is 3. The molecule has 0 atom stereocenters. The van der Waals surface area contributed by atoms with E-state index in [-0.39, 0.29) is 0 Å². The summed E-state index contributed by atoms with van der Waals surface area (Å²) in [7, 11) is 0. The standard InChI is InChI=1S/C17H27N3/c18-1-2-19-3-5-20(6-4-19)12-17-15-8-13-7-14(10-15)11-16(17)9-13/h13-17H,2-12H2. The summed E-state index contributed by atoms with van der Waals surface area (Å²) in [5, 5.41) is 8.78. The Labute approximate surface area is 122 Å². The van der Waals surface area contributed by atoms with Gasteiger partial charge in [-0.3, -0.25) is 4.90 Å². The second-order valence-corrected chi connectivity index (χ2v) is 7.83. The molecule has 1 saturated heterocycles. The first-order valence-corrected chi connectivity index (χ1v) is 8.63. The Morgan fingerprint density at radius 3 is 1.90 bits per heavy atom. The number of piperazine rings is 1. The van der Waals surface area contributed by atoms with Crippen LogP contribution in [-0.4, -0.2) is 49.1 Å². The second kappa shape index (κ2) is 5.31. The van der Waals surface area contributed by atoms with Crippen LogP contribution in [0.4, 0.5) is 0 Å². The van der Waals surface area contributed by atoms with Crippen molar-refractivity contribution in [2.75, 3.05) is 39.3 Å². The maximum Gasteiger partial charge on any atom is 0.0866 e. The molecular weight excluding hydrogens is 246 g/mol. The van der Waals surface area contributed by atoms with Gasteiger partial charge in [0.25, 0.3) is 0 Å². The third-order valence-electron chi connectivity index (χ3n) is 6.65. The van der Waals surface area contributed by atoms with E-state index in [1.807, 2.05) is 0 Å². The molecule has 1 heterocycles. The van der Waals surface area contributed by atoms with E-state index >= 15 is 0 Å². The Bertz CT molecular complexity index is 364. The van der Waals surface area contributed by atoms with Crippen molar-refractivity contribution in [2.24, 2.45) is 29.6 Å². The molecule has 5 rings (SSSR count). The lowest BCUT2D eigenvalue weighted by molar-refractivity contribution is -0.0527. The molecule has 20 heavy (non-hydrogen) atoms. The Kier molecular flexibility index (Phi) is 3.48. The van der Waals surface area contributed by atoms with Crippen LogP contribution in [0.15, 0.2) is 0 Å². The summed E-state index contributed by atoms with van der Waals surface area (Å²) in [4.78, 5) is 4.99. The quantitative estimate of drug-likeness (QED) is 0.739. The van der Waals surface area contributed by atoms with Crippen molar-refractivity contribution in [2.45, 2.75) is 32.1 Å². The van der Waals surface area contributed by atoms with Crippen LogP contribution in [0.1, 0.15) is 32.1 Å². The normalized spacial score (nSPS) is 44.6. The van der Waals surface area contributed by atoms with E-state index in [2.05, 4.69) is 15.9 Å². The Hall–Kier alpha value is -0.590. The van der Waals surface area contributed by atoms with Gasteiger partial charge in [0.2, 0.25) is 0 Å². The fraction of sp³-hybridized carbons (Fsp3) is 0.941. The largest absolute Gasteiger partial charge is 0.300 e. The number of rotatable bonds is 3. The first kappa shape index (κ1) is 13.1. The molecular formula is C17H27N3. The third kappa shape index (κ3) is 2.38. The lowest BCUT2D eigenvalue weighted by Gasteiger charge is -2.55. The zero-order valence-electron chi connectivity index (χ0n) is 12.5. The number of nitriles is 1. The van der Waals surface area contributed by atoms with Gasteiger partial charge in [-0.25, -0.2) is 0 Å². The van der Waals surface area contributed by atoms with E-state index < -0.39 is 0 Å². The topological polar surface area (TPSA) is 30.3 Å². The van der Waals surface area contributed by atoms with Crippen molar-refractivity contribution < 1.29 is 0 Å². The molecule has 0 aromatic heterocycles. The predicted octanol–water partition coefficient (Wildman–Crippen LogP) is 2.20. The molecule has 3 nitrogen and oxygen atoms in total. The van der Waals surface area contributed by atoms with Crippen molar-refractivity contribution >= 4 is 0 Å². The number of nitrogens with zero attached hydrogens (tertiary/aromatic N) is 3. The maximum absolute atomic E-state index is 8.78. The molecule has 4 aliphatic carbocycles. The van der Waals surface area contributed by atoms with E-state index in [0.717, 1.165) is 42.7 Å². The molecule has 1 aliphatic heterocycles. The van der Waals surface area contributed by atoms with E-state index in [4.69, 9.17) is 5.26 Å². The molecule has 4 saturated carbocycles. The van der Waals surface area contributed by atoms with E-state index in [0.29, 0.717) is 6.54 Å². The van der Waals surface area contributed by atoms with Crippen LogP contribution >= 0.6 is 0 Å². The minimum Gasteiger partial charge on any atom is -0.300 e. The van der Waals surface area contributed by atoms with Gasteiger partial charge in [0, 0.05) is 32.7 Å². The maximum atomic E-state index is 8.78. The van der Waals surface area contributed by atoms with Crippen molar-refractivity contribution in [1.82, 2.24) is 9.80 Å². The van der Waals surface area contributed by atoms with Crippen LogP contribution in [-0.2, 0) is 0 Å². The van der Waals surface area contributed by atoms with Gasteiger partial charge in [-0.05, 0) is 61.7 Å². The highest BCUT2D eigenvalue weighted by Gasteiger charge is 2.48. The fourth-order valence-corrected chi connectivity index (χ4v) is 5.86. The average Bonchev–Trinajstić information content (AvgIpc) is 2.44. The van der Waals surface area contributed by atoms with Crippen LogP contribution < -0.4 is 0 Å². The van der Waals surface area contributed by atoms with Crippen LogP contribution in [0.25, 0.3) is 0 Å². The van der Waals surface area contributed by atoms with Crippen LogP contribution in [0.2, 0.25) is 0 Å². The lowest BCUT2D eigenvalue weighted by atomic mass is 9.52. The van der Waals surface area contributed by atoms with Crippen LogP contribution in [0.3, 0.4) is 0 Å². The summed E-state index contributed by atoms with van der Waals surface area (Å²) >= 11 is 0. The summed E-state index contributed by atoms with van der Waals surface area (Å²) < 4.78 is 0. The van der Waals surface area contributed by atoms with Gasteiger partial charge in [-0.2, -0.15) is 5.26 Å². The third-order valence-corrected chi connectivity index (χ3v) is 6.65. The SMILES string of the molecule is N#CCN1CCN(CC2C3CC4CC(C3)CC2C4)CC1. The van der Waals surface area contributed by atoms with E-state index in [1.54, 1.807) is 32.1 Å². The highest BCUT2D eigenvalue weighted by molar-refractivity contribution is 4.99. The summed E-state index contributed by atoms with van der Waals surface area (Å²) in [6.45, 7) is 6.54. The van der Waals surface area contributed by atoms with Crippen LogP contribution in [0.5, 0.6) is 0 Å². The molecule has 4 bridgehead atoms. The summed E-state index contributed by atoms with van der Waals surface area (Å²) in [5.41, 5.74) is 0. The van der Waals surface area contributed by atoms with Crippen LogP contribution in [0, 0.1) is 40.9 Å². The summed E-state index contributed by atoms with van der Waals surface area (Å²) in [6, 6.07) is 2.28. The molecule has 0 spiro atoms. The van der Waals surface area contributed by atoms with Crippen molar-refractivity contribution in [3.05, 3.63) is 0 Å². The highest BCUT2D eigenvalue weighted by Crippen LogP contribution is 2.56. The highest BCUT2D eigenvalue weighted by atomic mass is 15.3. The van der Waals surface area contributed by atoms with E-state index in [9.17, 15) is 0 Å². The minimum absolute atomic E-state index is 0.617. The van der Waals surface area contributed by atoms with Crippen molar-refractivity contribution in [3.63, 3.8) is 0 Å². The molecule has 0 N–H and O–H groups in total. The minimum atomic E-state index is 0.617. The zero-order valence-corrected chi connectivity index (χ0v) is 12.5. The molecule has 5 fully saturated rings. The van der Waals surface area contributed by atoms with Gasteiger partial charge in [-0.15, -0.1) is 0 Å². The van der Waals surface area contributed by atoms with Gasteiger partial charge in [0.1, 0.15) is 0 Å². The summed E-state index contributed by atoms with van der Waals surface area (Å²) in [6.07, 6.45) is 7.75. The van der Waals surface area contributed by atoms with Gasteiger partial charge >= 0.3 is 0 Å². The zero-order chi connectivity index (χ0) is 13.5. The van der Waals surface area contributed by atoms with Crippen molar-refractivity contribution in [3.8, 4) is 6.07 Å². The molecule has 3 heteroatoms. The fourth-order valence-electron chi connectivity index (χ4n) is 5.86. The first-order valence-electron chi connectivity index (χ1n) is 8.63. The Balaban J connectivity index is 1.33. The Morgan fingerprint density at radius 2 is 1.35 bits per heavy atom.